The lowest BCUT2D eigenvalue weighted by molar-refractivity contribution is -0.131. The molecule has 0 radical (unpaired) electrons. The van der Waals surface area contributed by atoms with Crippen molar-refractivity contribution in [2.75, 3.05) is 0 Å². The predicted molar refractivity (Wildman–Crippen MR) is 91.8 cm³/mol. The highest BCUT2D eigenvalue weighted by Gasteiger charge is 2.28. The van der Waals surface area contributed by atoms with Crippen molar-refractivity contribution in [2.45, 2.75) is 44.2 Å². The second-order valence-electron chi connectivity index (χ2n) is 5.66. The highest BCUT2D eigenvalue weighted by molar-refractivity contribution is 7.12. The number of hydrogen-bond donors (Lipinski definition) is 1. The highest BCUT2D eigenvalue weighted by Crippen LogP contribution is 2.25. The molecule has 0 aliphatic heterocycles. The highest BCUT2D eigenvalue weighted by atomic mass is 32.1. The van der Waals surface area contributed by atoms with Gasteiger partial charge in [0.05, 0.1) is 0 Å². The molecule has 1 N–H and O–H groups in total. The zero-order valence-corrected chi connectivity index (χ0v) is 14.3. The van der Waals surface area contributed by atoms with Crippen molar-refractivity contribution in [3.05, 3.63) is 44.8 Å². The number of nitrogens with one attached hydrogen (secondary N) is 1. The molecule has 3 rings (SSSR count). The van der Waals surface area contributed by atoms with Gasteiger partial charge >= 0.3 is 5.97 Å². The molecule has 1 aliphatic carbocycles. The topological polar surface area (TPSA) is 55.4 Å². The number of esters is 1. The monoisotopic (exact) mass is 349 g/mol. The third-order valence-corrected chi connectivity index (χ3v) is 5.53. The van der Waals surface area contributed by atoms with Gasteiger partial charge in [-0.25, -0.2) is 4.79 Å². The molecule has 0 bridgehead atoms. The molecule has 1 saturated carbocycles. The molecule has 2 heterocycles. The maximum atomic E-state index is 12.6. The number of carbonyl (C=O) groups is 2. The summed E-state index contributed by atoms with van der Waals surface area (Å²) in [5, 5.41) is 8.61. The standard InChI is InChI=1S/C17H19NO3S2/c19-16(18-13-5-2-1-3-6-13)15(12-8-10-22-11-12)21-17(20)14-7-4-9-23-14/h4,7-11,13,15H,1-3,5-6H2,(H,18,19). The van der Waals surface area contributed by atoms with Crippen LogP contribution in [0.2, 0.25) is 0 Å². The van der Waals surface area contributed by atoms with Gasteiger partial charge in [-0.3, -0.25) is 4.79 Å². The average Bonchev–Trinajstić information content (AvgIpc) is 3.26. The van der Waals surface area contributed by atoms with E-state index in [4.69, 9.17) is 4.74 Å². The van der Waals surface area contributed by atoms with E-state index >= 15 is 0 Å². The molecule has 2 aromatic heterocycles. The van der Waals surface area contributed by atoms with Gasteiger partial charge in [-0.1, -0.05) is 25.3 Å². The third kappa shape index (κ3) is 4.20. The summed E-state index contributed by atoms with van der Waals surface area (Å²) < 4.78 is 5.51. The Morgan fingerprint density at radius 1 is 1.17 bits per heavy atom. The maximum Gasteiger partial charge on any atom is 0.349 e. The Labute approximate surface area is 143 Å². The molecule has 0 spiro atoms. The number of amides is 1. The van der Waals surface area contributed by atoms with Gasteiger partial charge in [0.15, 0.2) is 0 Å². The molecule has 1 unspecified atom stereocenters. The van der Waals surface area contributed by atoms with E-state index in [1.807, 2.05) is 22.2 Å². The van der Waals surface area contributed by atoms with Crippen molar-refractivity contribution in [3.8, 4) is 0 Å². The molecule has 1 amide bonds. The van der Waals surface area contributed by atoms with Crippen molar-refractivity contribution in [3.63, 3.8) is 0 Å². The lowest BCUT2D eigenvalue weighted by atomic mass is 9.95. The smallest absolute Gasteiger partial charge is 0.349 e. The number of rotatable bonds is 5. The molecule has 23 heavy (non-hydrogen) atoms. The molecular weight excluding hydrogens is 330 g/mol. The average molecular weight is 349 g/mol. The Kier molecular flexibility index (Phi) is 5.46. The Morgan fingerprint density at radius 2 is 2.00 bits per heavy atom. The van der Waals surface area contributed by atoms with E-state index in [1.54, 1.807) is 12.1 Å². The summed E-state index contributed by atoms with van der Waals surface area (Å²) in [4.78, 5) is 25.4. The molecule has 2 aromatic rings. The van der Waals surface area contributed by atoms with Crippen LogP contribution >= 0.6 is 22.7 Å². The van der Waals surface area contributed by atoms with Crippen LogP contribution < -0.4 is 5.32 Å². The Bertz CT molecular complexity index is 631. The number of ether oxygens (including phenoxy) is 1. The Hall–Kier alpha value is -1.66. The molecule has 1 atom stereocenters. The molecule has 0 saturated heterocycles. The first-order valence-electron chi connectivity index (χ1n) is 7.81. The van der Waals surface area contributed by atoms with Crippen molar-refractivity contribution in [2.24, 2.45) is 0 Å². The van der Waals surface area contributed by atoms with Gasteiger partial charge in [-0.05, 0) is 41.1 Å². The van der Waals surface area contributed by atoms with E-state index in [2.05, 4.69) is 5.32 Å². The summed E-state index contributed by atoms with van der Waals surface area (Å²) in [6.45, 7) is 0. The quantitative estimate of drug-likeness (QED) is 0.825. The second kappa shape index (κ2) is 7.75. The van der Waals surface area contributed by atoms with Crippen LogP contribution in [0.3, 0.4) is 0 Å². The number of carbonyl (C=O) groups excluding carboxylic acids is 2. The minimum absolute atomic E-state index is 0.192. The van der Waals surface area contributed by atoms with Gasteiger partial charge in [-0.15, -0.1) is 11.3 Å². The van der Waals surface area contributed by atoms with Crippen molar-refractivity contribution in [1.82, 2.24) is 5.32 Å². The molecule has 0 aromatic carbocycles. The van der Waals surface area contributed by atoms with Gasteiger partial charge in [-0.2, -0.15) is 11.3 Å². The van der Waals surface area contributed by atoms with E-state index in [0.29, 0.717) is 4.88 Å². The Balaban J connectivity index is 1.70. The predicted octanol–water partition coefficient (Wildman–Crippen LogP) is 4.16. The van der Waals surface area contributed by atoms with E-state index in [9.17, 15) is 9.59 Å². The van der Waals surface area contributed by atoms with Gasteiger partial charge in [0, 0.05) is 11.6 Å². The van der Waals surface area contributed by atoms with Crippen LogP contribution in [0, 0.1) is 0 Å². The van der Waals surface area contributed by atoms with E-state index in [-0.39, 0.29) is 11.9 Å². The first kappa shape index (κ1) is 16.2. The maximum absolute atomic E-state index is 12.6. The van der Waals surface area contributed by atoms with Crippen LogP contribution in [-0.4, -0.2) is 17.9 Å². The summed E-state index contributed by atoms with van der Waals surface area (Å²) in [7, 11) is 0. The van der Waals surface area contributed by atoms with Gasteiger partial charge < -0.3 is 10.1 Å². The van der Waals surface area contributed by atoms with Crippen LogP contribution in [-0.2, 0) is 9.53 Å². The first-order valence-corrected chi connectivity index (χ1v) is 9.63. The zero-order valence-electron chi connectivity index (χ0n) is 12.7. The molecule has 1 aliphatic rings. The summed E-state index contributed by atoms with van der Waals surface area (Å²) in [5.41, 5.74) is 0.730. The lowest BCUT2D eigenvalue weighted by Crippen LogP contribution is -2.40. The largest absolute Gasteiger partial charge is 0.443 e. The number of thiophene rings is 2. The molecule has 4 nitrogen and oxygen atoms in total. The van der Waals surface area contributed by atoms with E-state index in [0.717, 1.165) is 31.2 Å². The van der Waals surface area contributed by atoms with Crippen molar-refractivity contribution < 1.29 is 14.3 Å². The fourth-order valence-electron chi connectivity index (χ4n) is 2.78. The minimum atomic E-state index is -0.877. The van der Waals surface area contributed by atoms with Crippen LogP contribution in [0.15, 0.2) is 34.3 Å². The Morgan fingerprint density at radius 3 is 2.65 bits per heavy atom. The van der Waals surface area contributed by atoms with Crippen molar-refractivity contribution in [1.29, 1.82) is 0 Å². The van der Waals surface area contributed by atoms with Crippen LogP contribution in [0.1, 0.15) is 53.4 Å². The molecular formula is C17H19NO3S2. The summed E-state index contributed by atoms with van der Waals surface area (Å²) >= 11 is 2.80. The summed E-state index contributed by atoms with van der Waals surface area (Å²) in [6.07, 6.45) is 4.64. The van der Waals surface area contributed by atoms with E-state index in [1.165, 1.54) is 29.1 Å². The minimum Gasteiger partial charge on any atom is -0.443 e. The fourth-order valence-corrected chi connectivity index (χ4v) is 4.06. The van der Waals surface area contributed by atoms with Gasteiger partial charge in [0.1, 0.15) is 4.88 Å². The van der Waals surface area contributed by atoms with Crippen molar-refractivity contribution >= 4 is 34.6 Å². The van der Waals surface area contributed by atoms with Crippen LogP contribution in [0.4, 0.5) is 0 Å². The van der Waals surface area contributed by atoms with Crippen LogP contribution in [0.5, 0.6) is 0 Å². The third-order valence-electron chi connectivity index (χ3n) is 3.98. The first-order chi connectivity index (χ1) is 11.2. The SMILES string of the molecule is O=C(OC(C(=O)NC1CCCCC1)c1ccsc1)c1cccs1. The zero-order chi connectivity index (χ0) is 16.1. The van der Waals surface area contributed by atoms with E-state index < -0.39 is 12.1 Å². The van der Waals surface area contributed by atoms with Gasteiger partial charge in [0.2, 0.25) is 6.10 Å². The molecule has 122 valence electrons. The number of hydrogen-bond acceptors (Lipinski definition) is 5. The van der Waals surface area contributed by atoms with Crippen LogP contribution in [0.25, 0.3) is 0 Å². The molecule has 6 heteroatoms. The fraction of sp³-hybridized carbons (Fsp3) is 0.412. The molecule has 1 fully saturated rings. The normalized spacial score (nSPS) is 16.7. The summed E-state index contributed by atoms with van der Waals surface area (Å²) in [5.74, 6) is -0.671. The lowest BCUT2D eigenvalue weighted by Gasteiger charge is -2.25. The summed E-state index contributed by atoms with van der Waals surface area (Å²) in [6, 6.07) is 5.52. The second-order valence-corrected chi connectivity index (χ2v) is 7.39. The van der Waals surface area contributed by atoms with Gasteiger partial charge in [0.25, 0.3) is 5.91 Å².